The first-order chi connectivity index (χ1) is 12.4. The zero-order valence-corrected chi connectivity index (χ0v) is 16.6. The lowest BCUT2D eigenvalue weighted by atomic mass is 9.82. The van der Waals surface area contributed by atoms with Crippen LogP contribution in [0.2, 0.25) is 0 Å². The Bertz CT molecular complexity index is 1030. The molecule has 27 heavy (non-hydrogen) atoms. The molecule has 0 atom stereocenters. The molecule has 0 N–H and O–H groups in total. The standard InChI is InChI=1S/C23H25F3N/c1-14-11-15(2)16(3)20(12-14)21-19-8-7-18(22(4,5)23(24,25)26)13-17(19)9-10-27(21)6/h7-13H,1-6H3/q+1. The monoisotopic (exact) mass is 372 g/mol. The number of aryl methyl sites for hydroxylation is 3. The lowest BCUT2D eigenvalue weighted by Crippen LogP contribution is -2.36. The first-order valence-corrected chi connectivity index (χ1v) is 9.01. The van der Waals surface area contributed by atoms with Gasteiger partial charge in [-0.15, -0.1) is 0 Å². The fraction of sp³-hybridized carbons (Fsp3) is 0.348. The van der Waals surface area contributed by atoms with Crippen LogP contribution < -0.4 is 4.57 Å². The van der Waals surface area contributed by atoms with E-state index in [1.807, 2.05) is 29.9 Å². The lowest BCUT2D eigenvalue weighted by molar-refractivity contribution is -0.659. The Morgan fingerprint density at radius 1 is 0.889 bits per heavy atom. The van der Waals surface area contributed by atoms with Crippen LogP contribution in [0.15, 0.2) is 42.6 Å². The third-order valence-corrected chi connectivity index (χ3v) is 5.63. The fourth-order valence-corrected chi connectivity index (χ4v) is 3.55. The number of hydrogen-bond donors (Lipinski definition) is 0. The highest BCUT2D eigenvalue weighted by atomic mass is 19.4. The van der Waals surface area contributed by atoms with Gasteiger partial charge in [-0.1, -0.05) is 17.7 Å². The molecule has 0 radical (unpaired) electrons. The second kappa shape index (κ2) is 6.36. The molecule has 142 valence electrons. The Hall–Kier alpha value is -2.36. The summed E-state index contributed by atoms with van der Waals surface area (Å²) in [6.45, 7) is 8.69. The third kappa shape index (κ3) is 3.22. The molecule has 0 unspecified atom stereocenters. The Morgan fingerprint density at radius 3 is 2.19 bits per heavy atom. The molecular formula is C23H25F3N+. The fourth-order valence-electron chi connectivity index (χ4n) is 3.55. The maximum atomic E-state index is 13.5. The summed E-state index contributed by atoms with van der Waals surface area (Å²) in [5.74, 6) is 0. The van der Waals surface area contributed by atoms with E-state index in [1.165, 1.54) is 30.5 Å². The summed E-state index contributed by atoms with van der Waals surface area (Å²) in [4.78, 5) is 0. The van der Waals surface area contributed by atoms with Crippen LogP contribution in [0.25, 0.3) is 22.0 Å². The van der Waals surface area contributed by atoms with Gasteiger partial charge >= 0.3 is 6.18 Å². The minimum atomic E-state index is -4.30. The zero-order valence-electron chi connectivity index (χ0n) is 16.6. The van der Waals surface area contributed by atoms with Crippen molar-refractivity contribution in [3.63, 3.8) is 0 Å². The minimum Gasteiger partial charge on any atom is -0.200 e. The highest BCUT2D eigenvalue weighted by Gasteiger charge is 2.48. The average Bonchev–Trinajstić information content (AvgIpc) is 2.57. The molecule has 1 nitrogen and oxygen atoms in total. The number of aromatic nitrogens is 1. The molecule has 0 amide bonds. The lowest BCUT2D eigenvalue weighted by Gasteiger charge is -2.28. The molecule has 4 heteroatoms. The average molecular weight is 372 g/mol. The van der Waals surface area contributed by atoms with Crippen molar-refractivity contribution in [1.29, 1.82) is 0 Å². The summed E-state index contributed by atoms with van der Waals surface area (Å²) in [6, 6.07) is 11.3. The van der Waals surface area contributed by atoms with E-state index in [0.717, 1.165) is 22.0 Å². The summed E-state index contributed by atoms with van der Waals surface area (Å²) in [7, 11) is 1.97. The van der Waals surface area contributed by atoms with E-state index in [0.29, 0.717) is 0 Å². The predicted molar refractivity (Wildman–Crippen MR) is 104 cm³/mol. The first-order valence-electron chi connectivity index (χ1n) is 9.01. The van der Waals surface area contributed by atoms with Gasteiger partial charge in [0.25, 0.3) is 0 Å². The van der Waals surface area contributed by atoms with Crippen molar-refractivity contribution in [3.05, 3.63) is 64.8 Å². The van der Waals surface area contributed by atoms with E-state index in [4.69, 9.17) is 0 Å². The molecule has 0 aliphatic rings. The second-order valence-corrected chi connectivity index (χ2v) is 7.95. The van der Waals surface area contributed by atoms with Crippen LogP contribution >= 0.6 is 0 Å². The van der Waals surface area contributed by atoms with E-state index >= 15 is 0 Å². The van der Waals surface area contributed by atoms with Crippen LogP contribution in [0.5, 0.6) is 0 Å². The molecule has 1 heterocycles. The van der Waals surface area contributed by atoms with Crippen molar-refractivity contribution >= 4 is 10.8 Å². The molecular weight excluding hydrogens is 347 g/mol. The molecule has 3 aromatic rings. The van der Waals surface area contributed by atoms with E-state index in [2.05, 4.69) is 32.9 Å². The molecule has 0 saturated carbocycles. The van der Waals surface area contributed by atoms with Gasteiger partial charge in [-0.2, -0.15) is 13.2 Å². The smallest absolute Gasteiger partial charge is 0.200 e. The van der Waals surface area contributed by atoms with Crippen molar-refractivity contribution in [2.24, 2.45) is 7.05 Å². The SMILES string of the molecule is Cc1cc(C)c(C)c(-c2c3ccc(C(C)(C)C(F)(F)F)cc3cc[n+]2C)c1. The maximum absolute atomic E-state index is 13.5. The van der Waals surface area contributed by atoms with Gasteiger partial charge in [0.15, 0.2) is 6.20 Å². The van der Waals surface area contributed by atoms with Gasteiger partial charge in [-0.3, -0.25) is 0 Å². The highest BCUT2D eigenvalue weighted by molar-refractivity contribution is 5.94. The van der Waals surface area contributed by atoms with Gasteiger partial charge in [0.1, 0.15) is 7.05 Å². The van der Waals surface area contributed by atoms with Crippen LogP contribution in [-0.4, -0.2) is 6.18 Å². The maximum Gasteiger partial charge on any atom is 0.397 e. The van der Waals surface area contributed by atoms with E-state index in [1.54, 1.807) is 12.1 Å². The van der Waals surface area contributed by atoms with E-state index in [9.17, 15) is 13.2 Å². The Morgan fingerprint density at radius 2 is 1.56 bits per heavy atom. The number of alkyl halides is 3. The molecule has 1 aromatic heterocycles. The summed E-state index contributed by atoms with van der Waals surface area (Å²) in [5, 5.41) is 1.77. The first kappa shape index (κ1) is 19.4. The molecule has 0 spiro atoms. The van der Waals surface area contributed by atoms with Crippen molar-refractivity contribution in [2.45, 2.75) is 46.2 Å². The zero-order chi connectivity index (χ0) is 20.1. The van der Waals surface area contributed by atoms with Crippen molar-refractivity contribution in [3.8, 4) is 11.3 Å². The summed E-state index contributed by atoms with van der Waals surface area (Å²) in [5.41, 5.74) is 4.08. The topological polar surface area (TPSA) is 3.88 Å². The van der Waals surface area contributed by atoms with Crippen molar-refractivity contribution < 1.29 is 17.7 Å². The van der Waals surface area contributed by atoms with Crippen LogP contribution in [0.1, 0.15) is 36.1 Å². The van der Waals surface area contributed by atoms with Crippen LogP contribution in [0.3, 0.4) is 0 Å². The van der Waals surface area contributed by atoms with E-state index in [-0.39, 0.29) is 5.56 Å². The van der Waals surface area contributed by atoms with Gasteiger partial charge in [-0.25, -0.2) is 4.57 Å². The Kier molecular flexibility index (Phi) is 4.57. The van der Waals surface area contributed by atoms with Gasteiger partial charge in [-0.05, 0) is 74.9 Å². The Balaban J connectivity index is 2.30. The van der Waals surface area contributed by atoms with E-state index < -0.39 is 11.6 Å². The normalized spacial score (nSPS) is 12.6. The summed E-state index contributed by atoms with van der Waals surface area (Å²) >= 11 is 0. The number of pyridine rings is 1. The quantitative estimate of drug-likeness (QED) is 0.479. The van der Waals surface area contributed by atoms with Crippen LogP contribution in [0, 0.1) is 20.8 Å². The van der Waals surface area contributed by atoms with Gasteiger partial charge in [0.2, 0.25) is 5.69 Å². The molecule has 0 saturated heterocycles. The number of benzene rings is 2. The molecule has 2 aromatic carbocycles. The van der Waals surface area contributed by atoms with Gasteiger partial charge < -0.3 is 0 Å². The molecule has 0 fully saturated rings. The number of nitrogens with zero attached hydrogens (tertiary/aromatic N) is 1. The summed E-state index contributed by atoms with van der Waals surface area (Å²) in [6.07, 6.45) is -2.38. The largest absolute Gasteiger partial charge is 0.397 e. The molecule has 0 aliphatic heterocycles. The van der Waals surface area contributed by atoms with Crippen molar-refractivity contribution in [1.82, 2.24) is 0 Å². The number of rotatable bonds is 2. The Labute approximate surface area is 158 Å². The number of fused-ring (bicyclic) bond motifs is 1. The second-order valence-electron chi connectivity index (χ2n) is 7.95. The summed E-state index contributed by atoms with van der Waals surface area (Å²) < 4.78 is 42.4. The molecule has 0 aliphatic carbocycles. The van der Waals surface area contributed by atoms with Crippen molar-refractivity contribution in [2.75, 3.05) is 0 Å². The van der Waals surface area contributed by atoms with Gasteiger partial charge in [0.05, 0.1) is 16.4 Å². The number of halogens is 3. The molecule has 3 rings (SSSR count). The predicted octanol–water partition coefficient (Wildman–Crippen LogP) is 6.10. The van der Waals surface area contributed by atoms with Crippen LogP contribution in [0.4, 0.5) is 13.2 Å². The minimum absolute atomic E-state index is 0.277. The third-order valence-electron chi connectivity index (χ3n) is 5.63. The van der Waals surface area contributed by atoms with Gasteiger partial charge in [0, 0.05) is 6.07 Å². The van der Waals surface area contributed by atoms with Crippen LogP contribution in [-0.2, 0) is 12.5 Å². The molecule has 0 bridgehead atoms. The highest BCUT2D eigenvalue weighted by Crippen LogP contribution is 2.41. The number of hydrogen-bond acceptors (Lipinski definition) is 0.